The highest BCUT2D eigenvalue weighted by Gasteiger charge is 2.53. The Morgan fingerprint density at radius 3 is 2.36 bits per heavy atom. The summed E-state index contributed by atoms with van der Waals surface area (Å²) in [5.41, 5.74) is 3.77. The summed E-state index contributed by atoms with van der Waals surface area (Å²) in [5, 5.41) is 45.3. The second-order valence-electron chi connectivity index (χ2n) is 12.6. The van der Waals surface area contributed by atoms with Crippen molar-refractivity contribution in [1.29, 1.82) is 0 Å². The number of hydrogen-bond acceptors (Lipinski definition) is 12. The lowest BCUT2D eigenvalue weighted by Gasteiger charge is -2.47. The topological polar surface area (TPSA) is 208 Å². The lowest BCUT2D eigenvalue weighted by atomic mass is 9.89. The molecule has 6 N–H and O–H groups in total. The number of aliphatic hydroxyl groups excluding tert-OH is 1. The van der Waals surface area contributed by atoms with E-state index in [4.69, 9.17) is 29.1 Å². The molecule has 0 spiro atoms. The summed E-state index contributed by atoms with van der Waals surface area (Å²) in [6.07, 6.45) is -6.86. The van der Waals surface area contributed by atoms with Gasteiger partial charge in [-0.3, -0.25) is 4.79 Å². The Labute approximate surface area is 285 Å². The first-order valence-corrected chi connectivity index (χ1v) is 15.6. The molecule has 13 nitrogen and oxygen atoms in total. The second-order valence-corrected chi connectivity index (χ2v) is 12.6. The third kappa shape index (κ3) is 6.17. The maximum Gasteiger partial charge on any atom is 0.404 e. The van der Waals surface area contributed by atoms with Crippen LogP contribution in [0.3, 0.4) is 0 Å². The van der Waals surface area contributed by atoms with Crippen LogP contribution < -0.4 is 16.1 Å². The number of ketones is 1. The number of benzene rings is 4. The van der Waals surface area contributed by atoms with Crippen LogP contribution in [0.15, 0.2) is 75.9 Å². The van der Waals surface area contributed by atoms with Crippen LogP contribution in [-0.2, 0) is 20.6 Å². The number of rotatable bonds is 8. The van der Waals surface area contributed by atoms with Gasteiger partial charge in [0.05, 0.1) is 22.1 Å². The van der Waals surface area contributed by atoms with E-state index in [1.807, 2.05) is 42.5 Å². The van der Waals surface area contributed by atoms with Gasteiger partial charge in [0.1, 0.15) is 23.2 Å². The molecule has 0 radical (unpaired) electrons. The Morgan fingerprint density at radius 1 is 0.940 bits per heavy atom. The summed E-state index contributed by atoms with van der Waals surface area (Å²) in [5.74, 6) is -2.38. The van der Waals surface area contributed by atoms with Crippen molar-refractivity contribution in [2.24, 2.45) is 5.73 Å². The predicted molar refractivity (Wildman–Crippen MR) is 180 cm³/mol. The van der Waals surface area contributed by atoms with Crippen molar-refractivity contribution in [3.8, 4) is 34.1 Å². The molecule has 4 atom stereocenters. The molecule has 1 amide bonds. The van der Waals surface area contributed by atoms with Gasteiger partial charge in [-0.25, -0.2) is 9.59 Å². The number of aryl methyl sites for hydroxylation is 1. The minimum atomic E-state index is -1.54. The zero-order valence-electron chi connectivity index (χ0n) is 27.5. The van der Waals surface area contributed by atoms with Crippen LogP contribution in [0.1, 0.15) is 35.3 Å². The van der Waals surface area contributed by atoms with Crippen molar-refractivity contribution in [2.45, 2.75) is 57.4 Å². The molecule has 1 aromatic heterocycles. The Balaban J connectivity index is 1.30. The summed E-state index contributed by atoms with van der Waals surface area (Å²) >= 11 is 0. The molecule has 1 fully saturated rings. The molecule has 260 valence electrons. The minimum absolute atomic E-state index is 0.0655. The summed E-state index contributed by atoms with van der Waals surface area (Å²) in [7, 11) is 1.36. The Bertz CT molecular complexity index is 2210. The van der Waals surface area contributed by atoms with Gasteiger partial charge in [-0.05, 0) is 73.0 Å². The molecule has 1 saturated heterocycles. The van der Waals surface area contributed by atoms with Crippen LogP contribution in [0.2, 0.25) is 0 Å². The number of carbonyl (C=O) groups is 2. The van der Waals surface area contributed by atoms with Crippen LogP contribution in [0.25, 0.3) is 32.9 Å². The number of ether oxygens (including phenoxy) is 4. The highest BCUT2D eigenvalue weighted by molar-refractivity contribution is 6.03. The third-order valence-corrected chi connectivity index (χ3v) is 8.92. The molecular formula is C37H35NO12. The molecule has 0 aliphatic carbocycles. The van der Waals surface area contributed by atoms with Crippen LogP contribution in [0.5, 0.6) is 23.0 Å². The van der Waals surface area contributed by atoms with E-state index in [1.165, 1.54) is 31.4 Å². The summed E-state index contributed by atoms with van der Waals surface area (Å²) in [6, 6.07) is 18.8. The van der Waals surface area contributed by atoms with Crippen molar-refractivity contribution in [1.82, 2.24) is 0 Å². The lowest BCUT2D eigenvalue weighted by Crippen LogP contribution is -2.65. The van der Waals surface area contributed by atoms with Crippen LogP contribution >= 0.6 is 0 Å². The number of Topliss-reactive ketones (excluding diaryl/α,β-unsaturated/α-hetero) is 1. The van der Waals surface area contributed by atoms with Crippen LogP contribution in [0, 0.1) is 6.92 Å². The number of nitrogens with two attached hydrogens (primary N) is 1. The van der Waals surface area contributed by atoms with E-state index < -0.39 is 71.4 Å². The number of methoxy groups -OCH3 is 1. The van der Waals surface area contributed by atoms with E-state index in [0.29, 0.717) is 11.1 Å². The fourth-order valence-corrected chi connectivity index (χ4v) is 6.38. The van der Waals surface area contributed by atoms with Crippen molar-refractivity contribution in [2.75, 3.05) is 7.11 Å². The molecule has 0 unspecified atom stereocenters. The molecule has 13 heteroatoms. The average molecular weight is 686 g/mol. The van der Waals surface area contributed by atoms with Crippen molar-refractivity contribution in [3.05, 3.63) is 93.8 Å². The Morgan fingerprint density at radius 2 is 1.66 bits per heavy atom. The zero-order chi connectivity index (χ0) is 36.1. The number of amides is 1. The number of hydrogen-bond donors (Lipinski definition) is 5. The molecule has 1 aliphatic rings. The molecule has 0 bridgehead atoms. The first-order chi connectivity index (χ1) is 23.7. The Hall–Kier alpha value is -5.63. The zero-order valence-corrected chi connectivity index (χ0v) is 27.5. The minimum Gasteiger partial charge on any atom is -0.507 e. The number of phenols is 2. The number of carbonyl (C=O) groups excluding carboxylic acids is 2. The van der Waals surface area contributed by atoms with E-state index in [1.54, 1.807) is 20.8 Å². The Kier molecular flexibility index (Phi) is 8.91. The van der Waals surface area contributed by atoms with Crippen molar-refractivity contribution < 1.29 is 53.4 Å². The fraction of sp³-hybridized carbons (Fsp3) is 0.270. The number of phenolic OH excluding ortho intramolecular Hbond substituents is 2. The van der Waals surface area contributed by atoms with Gasteiger partial charge in [-0.2, -0.15) is 0 Å². The number of fused-ring (bicyclic) bond motifs is 2. The van der Waals surface area contributed by atoms with Crippen molar-refractivity contribution in [3.63, 3.8) is 0 Å². The molecule has 6 rings (SSSR count). The normalized spacial score (nSPS) is 20.1. The SMILES string of the molecule is CO[C@@H]1[C@@H](OC(N)=O)[C@@H](O)[C@H](Oc2ccc3c(O)c(CC(=O)c4cc(-c5ccc6ccccc6c5)cc(O)c4O)c(=O)oc3c2C)OC1(C)C. The standard InChI is InChI=1S/C37H35NO12/c1-17-27(47-35-30(43)32(49-36(38)45)33(46-4)37(2,3)50-35)12-11-22-28(41)24(34(44)48-31(17)22)16-25(39)23-14-21(15-26(40)29(23)42)20-10-9-18-7-5-6-8-19(18)13-20/h5-15,30,32-33,35,40-43H,16H2,1-4H3,(H2,38,45)/t30-,32+,33-,35-/m1/s1. The average Bonchev–Trinajstić information content (AvgIpc) is 3.07. The molecular weight excluding hydrogens is 650 g/mol. The molecule has 4 aromatic carbocycles. The van der Waals surface area contributed by atoms with Gasteiger partial charge in [0.2, 0.25) is 6.29 Å². The maximum atomic E-state index is 13.5. The number of primary amides is 1. The molecule has 0 saturated carbocycles. The monoisotopic (exact) mass is 685 g/mol. The highest BCUT2D eigenvalue weighted by Crippen LogP contribution is 2.39. The fourth-order valence-electron chi connectivity index (χ4n) is 6.38. The lowest BCUT2D eigenvalue weighted by molar-refractivity contribution is -0.304. The smallest absolute Gasteiger partial charge is 0.404 e. The first kappa shape index (κ1) is 34.2. The van der Waals surface area contributed by atoms with Gasteiger partial charge >= 0.3 is 11.7 Å². The van der Waals surface area contributed by atoms with Gasteiger partial charge < -0.3 is 49.5 Å². The summed E-state index contributed by atoms with van der Waals surface area (Å²) < 4.78 is 28.0. The number of aliphatic hydroxyl groups is 1. The third-order valence-electron chi connectivity index (χ3n) is 8.92. The largest absolute Gasteiger partial charge is 0.507 e. The molecule has 2 heterocycles. The van der Waals surface area contributed by atoms with Gasteiger partial charge in [-0.15, -0.1) is 0 Å². The van der Waals surface area contributed by atoms with Crippen LogP contribution in [0.4, 0.5) is 4.79 Å². The second kappa shape index (κ2) is 13.0. The van der Waals surface area contributed by atoms with E-state index in [2.05, 4.69) is 0 Å². The summed E-state index contributed by atoms with van der Waals surface area (Å²) in [6.45, 7) is 4.84. The molecule has 1 aliphatic heterocycles. The quantitative estimate of drug-likeness (QED) is 0.0847. The van der Waals surface area contributed by atoms with E-state index in [0.717, 1.165) is 10.8 Å². The number of aromatic hydroxyl groups is 3. The van der Waals surface area contributed by atoms with Gasteiger partial charge in [-0.1, -0.05) is 36.4 Å². The van der Waals surface area contributed by atoms with Crippen LogP contribution in [-0.4, -0.2) is 69.6 Å². The van der Waals surface area contributed by atoms with Gasteiger partial charge in [0, 0.05) is 19.1 Å². The van der Waals surface area contributed by atoms with Gasteiger partial charge in [0.15, 0.2) is 29.5 Å². The molecule has 50 heavy (non-hydrogen) atoms. The van der Waals surface area contributed by atoms with E-state index in [-0.39, 0.29) is 33.4 Å². The molecule has 5 aromatic rings. The first-order valence-electron chi connectivity index (χ1n) is 15.6. The van der Waals surface area contributed by atoms with E-state index in [9.17, 15) is 34.8 Å². The highest BCUT2D eigenvalue weighted by atomic mass is 16.7. The van der Waals surface area contributed by atoms with E-state index >= 15 is 0 Å². The summed E-state index contributed by atoms with van der Waals surface area (Å²) in [4.78, 5) is 38.3. The van der Waals surface area contributed by atoms with Gasteiger partial charge in [0.25, 0.3) is 0 Å². The predicted octanol–water partition coefficient (Wildman–Crippen LogP) is 4.82. The van der Waals surface area contributed by atoms with Crippen molar-refractivity contribution >= 4 is 33.6 Å². The maximum absolute atomic E-state index is 13.5.